The number of nitrogens with one attached hydrogen (secondary N) is 2. The number of aromatic amines is 1. The summed E-state index contributed by atoms with van der Waals surface area (Å²) in [6.45, 7) is 1.06. The number of methoxy groups -OCH3 is 2. The average molecular weight is 669 g/mol. The molecule has 2 N–H and O–H groups in total. The summed E-state index contributed by atoms with van der Waals surface area (Å²) in [4.78, 5) is 49.9. The van der Waals surface area contributed by atoms with Crippen molar-refractivity contribution in [1.82, 2.24) is 29.3 Å². The number of carbonyl (C=O) groups is 2. The second-order valence-corrected chi connectivity index (χ2v) is 13.2. The molecule has 2 aliphatic heterocycles. The number of nitrogens with zero attached hydrogens (tertiary/aromatic N) is 4. The Hall–Kier alpha value is -5.17. The van der Waals surface area contributed by atoms with E-state index in [9.17, 15) is 18.8 Å². The Bertz CT molecular complexity index is 2170. The Morgan fingerprint density at radius 2 is 1.80 bits per heavy atom. The summed E-state index contributed by atoms with van der Waals surface area (Å²) in [5, 5.41) is 3.54. The Kier molecular flexibility index (Phi) is 7.66. The van der Waals surface area contributed by atoms with Crippen LogP contribution in [0.2, 0.25) is 0 Å². The highest BCUT2D eigenvalue weighted by molar-refractivity contribution is 6.14. The number of fused-ring (bicyclic) bond motifs is 5. The van der Waals surface area contributed by atoms with E-state index in [4.69, 9.17) is 19.2 Å². The number of hydrogen-bond acceptors (Lipinski definition) is 7. The van der Waals surface area contributed by atoms with Crippen LogP contribution in [-0.4, -0.2) is 81.6 Å². The fourth-order valence-electron chi connectivity index (χ4n) is 8.14. The number of alkyl carbamates (subject to hydrolysis) is 1. The van der Waals surface area contributed by atoms with E-state index in [1.807, 2.05) is 23.1 Å². The summed E-state index contributed by atoms with van der Waals surface area (Å²) in [5.74, 6) is -0.0777. The number of amides is 2. The molecule has 0 radical (unpaired) electrons. The Morgan fingerprint density at radius 1 is 1.02 bits per heavy atom. The van der Waals surface area contributed by atoms with Crippen molar-refractivity contribution in [3.05, 3.63) is 70.5 Å². The van der Waals surface area contributed by atoms with Gasteiger partial charge in [-0.3, -0.25) is 13.9 Å². The second kappa shape index (κ2) is 12.1. The normalized spacial score (nSPS) is 21.8. The van der Waals surface area contributed by atoms with Gasteiger partial charge in [0.15, 0.2) is 0 Å². The van der Waals surface area contributed by atoms with Crippen LogP contribution >= 0.6 is 0 Å². The molecule has 8 rings (SSSR count). The predicted octanol–water partition coefficient (Wildman–Crippen LogP) is 5.15. The molecule has 5 aromatic rings. The zero-order valence-electron chi connectivity index (χ0n) is 27.5. The van der Waals surface area contributed by atoms with E-state index in [0.29, 0.717) is 88.2 Å². The minimum absolute atomic E-state index is 0.0484. The summed E-state index contributed by atoms with van der Waals surface area (Å²) >= 11 is 0. The third-order valence-corrected chi connectivity index (χ3v) is 10.5. The molecule has 1 saturated carbocycles. The lowest BCUT2D eigenvalue weighted by Gasteiger charge is -2.35. The third-order valence-electron chi connectivity index (χ3n) is 10.5. The summed E-state index contributed by atoms with van der Waals surface area (Å²) in [6, 6.07) is 11.5. The van der Waals surface area contributed by atoms with Crippen LogP contribution in [0.5, 0.6) is 5.75 Å². The number of rotatable bonds is 6. The number of hydrogen-bond donors (Lipinski definition) is 2. The van der Waals surface area contributed by atoms with Crippen molar-refractivity contribution in [1.29, 1.82) is 0 Å². The second-order valence-electron chi connectivity index (χ2n) is 13.2. The zero-order valence-corrected chi connectivity index (χ0v) is 27.5. The molecule has 3 fully saturated rings. The molecule has 3 aromatic heterocycles. The van der Waals surface area contributed by atoms with E-state index in [1.165, 1.54) is 19.2 Å². The van der Waals surface area contributed by atoms with Crippen LogP contribution in [0.15, 0.2) is 53.5 Å². The highest BCUT2D eigenvalue weighted by Gasteiger charge is 2.41. The molecule has 13 heteroatoms. The SMILES string of the molecule is COC(=O)N[C@@H]1CC[C@@H](n2c(=O)n(C)c3cnc4[nH]c(-c5ccc(C(=O)N6C7CCC6COC7)c(OC)c5)c(-c5cccc(F)c5)c4c32)C1. The molecule has 5 heterocycles. The minimum atomic E-state index is -0.508. The van der Waals surface area contributed by atoms with Crippen molar-refractivity contribution in [3.63, 3.8) is 0 Å². The van der Waals surface area contributed by atoms with Crippen molar-refractivity contribution in [3.8, 4) is 28.1 Å². The lowest BCUT2D eigenvalue weighted by atomic mass is 9.97. The smallest absolute Gasteiger partial charge is 0.407 e. The van der Waals surface area contributed by atoms with Crippen LogP contribution in [0.25, 0.3) is 44.5 Å². The first kappa shape index (κ1) is 31.1. The van der Waals surface area contributed by atoms with Crippen molar-refractivity contribution in [2.45, 2.75) is 56.3 Å². The lowest BCUT2D eigenvalue weighted by Crippen LogP contribution is -2.49. The Labute approximate surface area is 280 Å². The van der Waals surface area contributed by atoms with Gasteiger partial charge in [0, 0.05) is 30.3 Å². The van der Waals surface area contributed by atoms with E-state index in [0.717, 1.165) is 12.8 Å². The fourth-order valence-corrected chi connectivity index (χ4v) is 8.14. The van der Waals surface area contributed by atoms with Crippen molar-refractivity contribution in [2.24, 2.45) is 7.05 Å². The maximum atomic E-state index is 14.9. The monoisotopic (exact) mass is 668 g/mol. The number of carbonyl (C=O) groups excluding carboxylic acids is 2. The van der Waals surface area contributed by atoms with Crippen LogP contribution in [0.4, 0.5) is 9.18 Å². The van der Waals surface area contributed by atoms with Crippen molar-refractivity contribution < 1.29 is 28.2 Å². The van der Waals surface area contributed by atoms with E-state index in [-0.39, 0.29) is 35.8 Å². The summed E-state index contributed by atoms with van der Waals surface area (Å²) in [6.07, 6.45) is 4.89. The molecule has 254 valence electrons. The van der Waals surface area contributed by atoms with Crippen LogP contribution in [0.1, 0.15) is 48.5 Å². The zero-order chi connectivity index (χ0) is 34.0. The van der Waals surface area contributed by atoms with Gasteiger partial charge < -0.3 is 29.4 Å². The molecule has 2 aromatic carbocycles. The molecule has 0 spiro atoms. The highest BCUT2D eigenvalue weighted by atomic mass is 19.1. The lowest BCUT2D eigenvalue weighted by molar-refractivity contribution is -0.00729. The summed E-state index contributed by atoms with van der Waals surface area (Å²) in [7, 11) is 4.58. The number of benzene rings is 2. The molecular weight excluding hydrogens is 631 g/mol. The molecule has 2 unspecified atom stereocenters. The maximum absolute atomic E-state index is 14.9. The molecular formula is C36H37FN6O6. The van der Waals surface area contributed by atoms with Gasteiger partial charge in [-0.15, -0.1) is 0 Å². The van der Waals surface area contributed by atoms with E-state index in [2.05, 4.69) is 10.3 Å². The largest absolute Gasteiger partial charge is 0.496 e. The average Bonchev–Trinajstić information content (AvgIpc) is 3.85. The standard InChI is InChI=1S/C36H37FN6O6/c1-41-27-16-38-33-30(32(27)43(36(41)46)23-9-8-22(15-23)39-35(45)48-3)29(19-5-4-6-21(37)13-19)31(40-33)20-7-12-26(28(14-20)47-2)34(44)42-24-10-11-25(42)18-49-17-24/h4-7,12-14,16,22-25H,8-11,15,17-18H2,1-3H3,(H,38,40)(H,39,45)/t22-,23-,24?,25?/m1/s1. The van der Waals surface area contributed by atoms with Gasteiger partial charge >= 0.3 is 11.8 Å². The summed E-state index contributed by atoms with van der Waals surface area (Å²) < 4.78 is 34.6. The molecule has 4 atom stereocenters. The van der Waals surface area contributed by atoms with E-state index in [1.54, 1.807) is 41.6 Å². The Balaban J connectivity index is 1.30. The molecule has 3 aliphatic rings. The number of ether oxygens (including phenoxy) is 3. The first-order valence-electron chi connectivity index (χ1n) is 16.6. The van der Waals surface area contributed by atoms with Crippen LogP contribution in [-0.2, 0) is 16.5 Å². The van der Waals surface area contributed by atoms with Crippen LogP contribution in [0, 0.1) is 5.82 Å². The molecule has 2 amide bonds. The number of pyridine rings is 1. The van der Waals surface area contributed by atoms with Gasteiger partial charge in [-0.2, -0.15) is 0 Å². The van der Waals surface area contributed by atoms with Gasteiger partial charge in [-0.25, -0.2) is 19.0 Å². The Morgan fingerprint density at radius 3 is 2.53 bits per heavy atom. The first-order valence-corrected chi connectivity index (χ1v) is 16.6. The van der Waals surface area contributed by atoms with Gasteiger partial charge in [-0.05, 0) is 61.9 Å². The number of H-pyrrole nitrogens is 1. The maximum Gasteiger partial charge on any atom is 0.407 e. The predicted molar refractivity (Wildman–Crippen MR) is 180 cm³/mol. The first-order chi connectivity index (χ1) is 23.8. The topological polar surface area (TPSA) is 133 Å². The quantitative estimate of drug-likeness (QED) is 0.256. The number of imidazole rings is 1. The van der Waals surface area contributed by atoms with Gasteiger partial charge in [0.05, 0.1) is 73.4 Å². The van der Waals surface area contributed by atoms with Gasteiger partial charge in [0.2, 0.25) is 0 Å². The number of morpholine rings is 1. The van der Waals surface area contributed by atoms with Crippen molar-refractivity contribution >= 4 is 34.1 Å². The number of halogens is 1. The molecule has 12 nitrogen and oxygen atoms in total. The van der Waals surface area contributed by atoms with Crippen LogP contribution in [0.3, 0.4) is 0 Å². The minimum Gasteiger partial charge on any atom is -0.496 e. The summed E-state index contributed by atoms with van der Waals surface area (Å²) in [5.41, 5.74) is 4.69. The highest BCUT2D eigenvalue weighted by Crippen LogP contribution is 2.44. The molecule has 2 saturated heterocycles. The van der Waals surface area contributed by atoms with Gasteiger partial charge in [0.1, 0.15) is 17.2 Å². The number of aryl methyl sites for hydroxylation is 1. The van der Waals surface area contributed by atoms with Gasteiger partial charge in [0.25, 0.3) is 5.91 Å². The molecule has 1 aliphatic carbocycles. The fraction of sp³-hybridized carbons (Fsp3) is 0.389. The van der Waals surface area contributed by atoms with Crippen molar-refractivity contribution in [2.75, 3.05) is 27.4 Å². The van der Waals surface area contributed by atoms with E-state index >= 15 is 0 Å². The van der Waals surface area contributed by atoms with Gasteiger partial charge in [-0.1, -0.05) is 18.2 Å². The third kappa shape index (κ3) is 5.06. The van der Waals surface area contributed by atoms with E-state index < -0.39 is 11.9 Å². The molecule has 49 heavy (non-hydrogen) atoms. The van der Waals surface area contributed by atoms with Crippen LogP contribution < -0.4 is 15.7 Å². The molecule has 2 bridgehead atoms. The number of aromatic nitrogens is 4.